The van der Waals surface area contributed by atoms with Crippen LogP contribution in [0.25, 0.3) is 21.9 Å². The average Bonchev–Trinajstić information content (AvgIpc) is 3.15. The second kappa shape index (κ2) is 8.44. The molecule has 0 bridgehead atoms. The lowest BCUT2D eigenvalue weighted by molar-refractivity contribution is 0.240. The lowest BCUT2D eigenvalue weighted by Gasteiger charge is -2.40. The third kappa shape index (κ3) is 3.74. The highest BCUT2D eigenvalue weighted by molar-refractivity contribution is 5.93. The molecule has 1 aliphatic heterocycles. The first-order chi connectivity index (χ1) is 16.4. The van der Waals surface area contributed by atoms with Gasteiger partial charge in [-0.15, -0.1) is 0 Å². The summed E-state index contributed by atoms with van der Waals surface area (Å²) in [5.41, 5.74) is 8.35. The van der Waals surface area contributed by atoms with E-state index in [1.165, 1.54) is 7.11 Å². The smallest absolute Gasteiger partial charge is 0.312 e. The van der Waals surface area contributed by atoms with E-state index in [0.29, 0.717) is 25.1 Å². The van der Waals surface area contributed by atoms with E-state index in [-0.39, 0.29) is 29.0 Å². The van der Waals surface area contributed by atoms with Crippen LogP contribution in [0.2, 0.25) is 0 Å². The first kappa shape index (κ1) is 21.9. The number of benzene rings is 2. The topological polar surface area (TPSA) is 98.3 Å². The zero-order valence-electron chi connectivity index (χ0n) is 18.8. The number of rotatable bonds is 4. The van der Waals surface area contributed by atoms with Crippen molar-refractivity contribution in [2.75, 3.05) is 18.6 Å². The van der Waals surface area contributed by atoms with Gasteiger partial charge in [-0.3, -0.25) is 0 Å². The van der Waals surface area contributed by atoms with Gasteiger partial charge in [0, 0.05) is 48.9 Å². The number of ether oxygens (including phenoxy) is 1. The summed E-state index contributed by atoms with van der Waals surface area (Å²) in [4.78, 5) is 22.8. The minimum Gasteiger partial charge on any atom is -0.480 e. The number of aryl methyl sites for hydroxylation is 1. The number of fused-ring (bicyclic) bond motifs is 2. The molecule has 2 unspecified atom stereocenters. The molecule has 1 aliphatic rings. The van der Waals surface area contributed by atoms with Crippen molar-refractivity contribution >= 4 is 33.7 Å². The Morgan fingerprint density at radius 1 is 1.18 bits per heavy atom. The number of primary amides is 1. The van der Waals surface area contributed by atoms with Crippen LogP contribution < -0.4 is 20.7 Å². The summed E-state index contributed by atoms with van der Waals surface area (Å²) in [6.45, 7) is 0.601. The van der Waals surface area contributed by atoms with E-state index in [1.54, 1.807) is 0 Å². The van der Waals surface area contributed by atoms with Crippen LogP contribution in [0, 0.1) is 11.6 Å². The van der Waals surface area contributed by atoms with Gasteiger partial charge in [-0.1, -0.05) is 18.2 Å². The lowest BCUT2D eigenvalue weighted by Crippen LogP contribution is -2.48. The molecule has 5 rings (SSSR count). The molecule has 1 fully saturated rings. The number of amides is 2. The zero-order chi connectivity index (χ0) is 24.0. The zero-order valence-corrected chi connectivity index (χ0v) is 18.8. The van der Waals surface area contributed by atoms with Crippen LogP contribution in [-0.2, 0) is 7.05 Å². The minimum atomic E-state index is -1.00. The number of hydrogen-bond donors (Lipinski definition) is 2. The number of carbonyl (C=O) groups excluding carboxylic acids is 1. The standard InChI is InChI=1S/C24H24F2N6O2/c1-31-12-21(14-5-3-4-6-19(14)31)32-8-7-13(28-24(27)33)9-20(32)22-23(34-2)30-18-11-16(26)15(25)10-17(18)29-22/h3-6,10-13,20H,7-9H2,1-2H3,(H3,27,28,33). The van der Waals surface area contributed by atoms with Crippen molar-refractivity contribution in [3.63, 3.8) is 0 Å². The molecule has 10 heteroatoms. The fourth-order valence-corrected chi connectivity index (χ4v) is 4.81. The largest absolute Gasteiger partial charge is 0.480 e. The van der Waals surface area contributed by atoms with E-state index in [0.717, 1.165) is 28.7 Å². The Labute approximate surface area is 194 Å². The van der Waals surface area contributed by atoms with E-state index in [4.69, 9.17) is 10.5 Å². The van der Waals surface area contributed by atoms with Crippen molar-refractivity contribution in [1.82, 2.24) is 19.9 Å². The molecule has 0 spiro atoms. The Morgan fingerprint density at radius 3 is 2.59 bits per heavy atom. The summed E-state index contributed by atoms with van der Waals surface area (Å²) >= 11 is 0. The third-order valence-electron chi connectivity index (χ3n) is 6.34. The minimum absolute atomic E-state index is 0.193. The van der Waals surface area contributed by atoms with Crippen LogP contribution in [0.1, 0.15) is 24.6 Å². The molecule has 0 radical (unpaired) electrons. The molecule has 2 atom stereocenters. The lowest BCUT2D eigenvalue weighted by atomic mass is 9.93. The van der Waals surface area contributed by atoms with Crippen LogP contribution in [0.5, 0.6) is 5.88 Å². The summed E-state index contributed by atoms with van der Waals surface area (Å²) in [5, 5.41) is 3.86. The van der Waals surface area contributed by atoms with E-state index < -0.39 is 17.7 Å². The Hall–Kier alpha value is -3.95. The molecule has 1 saturated heterocycles. The van der Waals surface area contributed by atoms with Gasteiger partial charge >= 0.3 is 6.03 Å². The number of hydrogen-bond acceptors (Lipinski definition) is 5. The van der Waals surface area contributed by atoms with Crippen molar-refractivity contribution in [2.45, 2.75) is 24.9 Å². The normalized spacial score (nSPS) is 18.4. The maximum absolute atomic E-state index is 14.0. The Kier molecular flexibility index (Phi) is 5.43. The van der Waals surface area contributed by atoms with Crippen molar-refractivity contribution in [1.29, 1.82) is 0 Å². The molecule has 2 amide bonds. The van der Waals surface area contributed by atoms with Gasteiger partial charge in [-0.25, -0.2) is 23.5 Å². The van der Waals surface area contributed by atoms with Gasteiger partial charge in [0.25, 0.3) is 0 Å². The fourth-order valence-electron chi connectivity index (χ4n) is 4.81. The van der Waals surface area contributed by atoms with E-state index in [9.17, 15) is 13.6 Å². The van der Waals surface area contributed by atoms with E-state index in [1.807, 2.05) is 25.2 Å². The van der Waals surface area contributed by atoms with Crippen molar-refractivity contribution in [3.05, 3.63) is 59.9 Å². The van der Waals surface area contributed by atoms with Gasteiger partial charge in [0.1, 0.15) is 5.69 Å². The van der Waals surface area contributed by atoms with E-state index >= 15 is 0 Å². The van der Waals surface area contributed by atoms with E-state index in [2.05, 4.69) is 37.0 Å². The van der Waals surface area contributed by atoms with Crippen LogP contribution in [0.3, 0.4) is 0 Å². The molecule has 0 aliphatic carbocycles. The number of para-hydroxylation sites is 1. The van der Waals surface area contributed by atoms with Crippen LogP contribution in [0.15, 0.2) is 42.6 Å². The summed E-state index contributed by atoms with van der Waals surface area (Å²) in [6, 6.07) is 8.94. The molecule has 34 heavy (non-hydrogen) atoms. The number of halogens is 2. The summed E-state index contributed by atoms with van der Waals surface area (Å²) in [6.07, 6.45) is 3.20. The number of nitrogens with one attached hydrogen (secondary N) is 1. The number of piperidine rings is 1. The van der Waals surface area contributed by atoms with Gasteiger partial charge in [0.05, 0.1) is 29.9 Å². The van der Waals surface area contributed by atoms with Gasteiger partial charge in [0.2, 0.25) is 5.88 Å². The number of nitrogens with two attached hydrogens (primary N) is 1. The first-order valence-corrected chi connectivity index (χ1v) is 10.9. The highest BCUT2D eigenvalue weighted by atomic mass is 19.2. The summed E-state index contributed by atoms with van der Waals surface area (Å²) in [5.74, 6) is -1.79. The quantitative estimate of drug-likeness (QED) is 0.477. The Morgan fingerprint density at radius 2 is 1.88 bits per heavy atom. The van der Waals surface area contributed by atoms with Crippen LogP contribution in [-0.4, -0.2) is 40.3 Å². The monoisotopic (exact) mass is 466 g/mol. The molecule has 0 saturated carbocycles. The molecular formula is C24H24F2N6O2. The molecular weight excluding hydrogens is 442 g/mol. The highest BCUT2D eigenvalue weighted by Crippen LogP contribution is 2.41. The van der Waals surface area contributed by atoms with Gasteiger partial charge < -0.3 is 25.3 Å². The van der Waals surface area contributed by atoms with Gasteiger partial charge in [0.15, 0.2) is 11.6 Å². The highest BCUT2D eigenvalue weighted by Gasteiger charge is 2.35. The number of carbonyl (C=O) groups is 1. The number of methoxy groups -OCH3 is 1. The van der Waals surface area contributed by atoms with Gasteiger partial charge in [-0.2, -0.15) is 0 Å². The molecule has 2 aromatic carbocycles. The van der Waals surface area contributed by atoms with Crippen LogP contribution in [0.4, 0.5) is 19.3 Å². The predicted octanol–water partition coefficient (Wildman–Crippen LogP) is 3.79. The maximum atomic E-state index is 14.0. The predicted molar refractivity (Wildman–Crippen MR) is 125 cm³/mol. The van der Waals surface area contributed by atoms with Crippen LogP contribution >= 0.6 is 0 Å². The van der Waals surface area contributed by atoms with Crippen molar-refractivity contribution in [2.24, 2.45) is 12.8 Å². The Balaban J connectivity index is 1.67. The van der Waals surface area contributed by atoms with Crippen molar-refractivity contribution < 1.29 is 18.3 Å². The SMILES string of the molecule is COc1nc2cc(F)c(F)cc2nc1C1CC(NC(N)=O)CCN1c1cn(C)c2ccccc12. The number of aromatic nitrogens is 3. The Bertz CT molecular complexity index is 1410. The number of nitrogens with zero attached hydrogens (tertiary/aromatic N) is 4. The third-order valence-corrected chi connectivity index (χ3v) is 6.34. The average molecular weight is 466 g/mol. The van der Waals surface area contributed by atoms with Gasteiger partial charge in [-0.05, 0) is 18.9 Å². The molecule has 8 nitrogen and oxygen atoms in total. The summed E-state index contributed by atoms with van der Waals surface area (Å²) in [7, 11) is 3.44. The second-order valence-corrected chi connectivity index (χ2v) is 8.45. The molecule has 2 aromatic heterocycles. The summed E-state index contributed by atoms with van der Waals surface area (Å²) < 4.78 is 35.4. The molecule has 3 heterocycles. The molecule has 3 N–H and O–H groups in total. The number of anilines is 1. The second-order valence-electron chi connectivity index (χ2n) is 8.45. The van der Waals surface area contributed by atoms with Crippen molar-refractivity contribution in [3.8, 4) is 5.88 Å². The fraction of sp³-hybridized carbons (Fsp3) is 0.292. The molecule has 4 aromatic rings. The molecule has 176 valence electrons. The maximum Gasteiger partial charge on any atom is 0.312 e. The number of urea groups is 1. The first-order valence-electron chi connectivity index (χ1n) is 10.9.